The number of rotatable bonds is 6. The molecule has 2 aromatic carbocycles. The van der Waals surface area contributed by atoms with Crippen LogP contribution in [0.2, 0.25) is 0 Å². The molecule has 7 heteroatoms. The average molecular weight is 408 g/mol. The number of hydrogen-bond donors (Lipinski definition) is 2. The number of amides is 2. The Morgan fingerprint density at radius 3 is 2.20 bits per heavy atom. The Morgan fingerprint density at radius 2 is 1.70 bits per heavy atom. The Bertz CT molecular complexity index is 944. The number of nitrogens with one attached hydrogen (secondary N) is 1. The van der Waals surface area contributed by atoms with Gasteiger partial charge in [-0.15, -0.1) is 0 Å². The Kier molecular flexibility index (Phi) is 5.44. The van der Waals surface area contributed by atoms with E-state index in [1.165, 1.54) is 4.90 Å². The molecular formula is C23H24N2O5. The number of likely N-dealkylation sites (tertiary alicyclic amines) is 1. The Balaban J connectivity index is 1.40. The largest absolute Gasteiger partial charge is 0.480 e. The number of carboxylic acids is 1. The van der Waals surface area contributed by atoms with Crippen molar-refractivity contribution in [2.45, 2.75) is 37.8 Å². The van der Waals surface area contributed by atoms with Gasteiger partial charge < -0.3 is 20.1 Å². The van der Waals surface area contributed by atoms with Crippen molar-refractivity contribution in [3.8, 4) is 11.1 Å². The highest BCUT2D eigenvalue weighted by molar-refractivity contribution is 5.90. The number of fused-ring (bicyclic) bond motifs is 3. The lowest BCUT2D eigenvalue weighted by Gasteiger charge is -2.39. The molecule has 156 valence electrons. The zero-order chi connectivity index (χ0) is 21.3. The number of benzene rings is 2. The third-order valence-corrected chi connectivity index (χ3v) is 5.93. The third kappa shape index (κ3) is 3.51. The molecule has 1 heterocycles. The van der Waals surface area contributed by atoms with Crippen LogP contribution in [-0.4, -0.2) is 53.2 Å². The molecule has 2 N–H and O–H groups in total. The van der Waals surface area contributed by atoms with E-state index < -0.39 is 24.1 Å². The molecule has 30 heavy (non-hydrogen) atoms. The molecule has 0 spiro atoms. The first-order valence-corrected chi connectivity index (χ1v) is 10.2. The number of carbonyl (C=O) groups is 3. The quantitative estimate of drug-likeness (QED) is 0.766. The number of ether oxygens (including phenoxy) is 1. The van der Waals surface area contributed by atoms with E-state index in [2.05, 4.69) is 17.4 Å². The van der Waals surface area contributed by atoms with Crippen LogP contribution in [0.1, 0.15) is 36.8 Å². The molecule has 2 amide bonds. The zero-order valence-corrected chi connectivity index (χ0v) is 16.7. The number of carboxylic acid groups (broad SMARTS) is 1. The van der Waals surface area contributed by atoms with Gasteiger partial charge in [0.1, 0.15) is 18.7 Å². The van der Waals surface area contributed by atoms with E-state index in [-0.39, 0.29) is 18.4 Å². The van der Waals surface area contributed by atoms with E-state index in [4.69, 9.17) is 9.84 Å². The van der Waals surface area contributed by atoms with Gasteiger partial charge in [0.15, 0.2) is 0 Å². The molecule has 2 unspecified atom stereocenters. The van der Waals surface area contributed by atoms with Gasteiger partial charge in [0, 0.05) is 12.5 Å². The normalized spacial score (nSPS) is 18.0. The van der Waals surface area contributed by atoms with E-state index in [9.17, 15) is 14.4 Å². The average Bonchev–Trinajstić information content (AvgIpc) is 3.03. The summed E-state index contributed by atoms with van der Waals surface area (Å²) in [6, 6.07) is 14.5. The monoisotopic (exact) mass is 408 g/mol. The summed E-state index contributed by atoms with van der Waals surface area (Å²) in [6.45, 7) is 2.31. The van der Waals surface area contributed by atoms with Gasteiger partial charge in [-0.3, -0.25) is 4.79 Å². The summed E-state index contributed by atoms with van der Waals surface area (Å²) in [5, 5.41) is 11.8. The molecule has 2 aliphatic rings. The highest BCUT2D eigenvalue weighted by Crippen LogP contribution is 2.44. The topological polar surface area (TPSA) is 95.9 Å². The molecule has 0 aromatic heterocycles. The maximum Gasteiger partial charge on any atom is 0.407 e. The minimum Gasteiger partial charge on any atom is -0.480 e. The Labute approximate surface area is 174 Å². The van der Waals surface area contributed by atoms with Gasteiger partial charge in [0.25, 0.3) is 0 Å². The van der Waals surface area contributed by atoms with Crippen LogP contribution >= 0.6 is 0 Å². The maximum atomic E-state index is 12.6. The van der Waals surface area contributed by atoms with Crippen molar-refractivity contribution in [3.05, 3.63) is 59.7 Å². The van der Waals surface area contributed by atoms with E-state index in [0.29, 0.717) is 19.4 Å². The number of nitrogens with zero attached hydrogens (tertiary/aromatic N) is 1. The summed E-state index contributed by atoms with van der Waals surface area (Å²) in [6.07, 6.45) is 0.110. The van der Waals surface area contributed by atoms with Gasteiger partial charge in [-0.25, -0.2) is 9.59 Å². The van der Waals surface area contributed by atoms with Gasteiger partial charge in [0.05, 0.1) is 0 Å². The fourth-order valence-electron chi connectivity index (χ4n) is 4.23. The minimum atomic E-state index is -1.02. The molecule has 0 saturated carbocycles. The van der Waals surface area contributed by atoms with Crippen molar-refractivity contribution in [1.82, 2.24) is 10.2 Å². The number of alkyl carbamates (subject to hydrolysis) is 1. The predicted octanol–water partition coefficient (Wildman–Crippen LogP) is 2.99. The van der Waals surface area contributed by atoms with Crippen molar-refractivity contribution < 1.29 is 24.2 Å². The van der Waals surface area contributed by atoms with Crippen molar-refractivity contribution in [3.63, 3.8) is 0 Å². The SMILES string of the molecule is CCC(NC(=O)OCC1c2ccccc2-c2ccccc21)C(=O)N1CCC1C(=O)O. The number of carbonyl (C=O) groups excluding carboxylic acids is 2. The first-order chi connectivity index (χ1) is 14.5. The van der Waals surface area contributed by atoms with Crippen LogP contribution in [0.25, 0.3) is 11.1 Å². The van der Waals surface area contributed by atoms with Gasteiger partial charge in [0.2, 0.25) is 5.91 Å². The van der Waals surface area contributed by atoms with Gasteiger partial charge in [-0.05, 0) is 35.1 Å². The molecule has 1 saturated heterocycles. The molecule has 7 nitrogen and oxygen atoms in total. The van der Waals surface area contributed by atoms with Crippen LogP contribution in [-0.2, 0) is 14.3 Å². The van der Waals surface area contributed by atoms with E-state index in [0.717, 1.165) is 22.3 Å². The van der Waals surface area contributed by atoms with Crippen molar-refractivity contribution >= 4 is 18.0 Å². The zero-order valence-electron chi connectivity index (χ0n) is 16.7. The molecule has 2 atom stereocenters. The smallest absolute Gasteiger partial charge is 0.407 e. The first kappa shape index (κ1) is 19.9. The predicted molar refractivity (Wildman–Crippen MR) is 110 cm³/mol. The standard InChI is InChI=1S/C23H24N2O5/c1-2-19(21(26)25-12-11-20(25)22(27)28)24-23(29)30-13-18-16-9-5-3-7-14(16)15-8-4-6-10-17(15)18/h3-10,18-20H,2,11-13H2,1H3,(H,24,29)(H,27,28). The van der Waals surface area contributed by atoms with Crippen molar-refractivity contribution in [2.75, 3.05) is 13.2 Å². The van der Waals surface area contributed by atoms with Crippen LogP contribution < -0.4 is 5.32 Å². The fourth-order valence-corrected chi connectivity index (χ4v) is 4.23. The Hall–Kier alpha value is -3.35. The van der Waals surface area contributed by atoms with Crippen LogP contribution in [0.5, 0.6) is 0 Å². The molecule has 2 aromatic rings. The summed E-state index contributed by atoms with van der Waals surface area (Å²) in [5.74, 6) is -1.47. The lowest BCUT2D eigenvalue weighted by atomic mass is 9.98. The van der Waals surface area contributed by atoms with E-state index >= 15 is 0 Å². The van der Waals surface area contributed by atoms with Crippen LogP contribution in [0.15, 0.2) is 48.5 Å². The van der Waals surface area contributed by atoms with Gasteiger partial charge in [-0.2, -0.15) is 0 Å². The van der Waals surface area contributed by atoms with E-state index in [1.807, 2.05) is 36.4 Å². The first-order valence-electron chi connectivity index (χ1n) is 10.2. The van der Waals surface area contributed by atoms with Crippen LogP contribution in [0, 0.1) is 0 Å². The van der Waals surface area contributed by atoms with Crippen molar-refractivity contribution in [1.29, 1.82) is 0 Å². The second-order valence-corrected chi connectivity index (χ2v) is 7.61. The molecule has 1 aliphatic heterocycles. The molecular weight excluding hydrogens is 384 g/mol. The molecule has 1 fully saturated rings. The lowest BCUT2D eigenvalue weighted by Crippen LogP contribution is -2.60. The molecule has 0 radical (unpaired) electrons. The minimum absolute atomic E-state index is 0.0642. The molecule has 4 rings (SSSR count). The Morgan fingerprint density at radius 1 is 1.10 bits per heavy atom. The fraction of sp³-hybridized carbons (Fsp3) is 0.348. The highest BCUT2D eigenvalue weighted by Gasteiger charge is 2.40. The summed E-state index contributed by atoms with van der Waals surface area (Å²) < 4.78 is 5.49. The second kappa shape index (κ2) is 8.18. The highest BCUT2D eigenvalue weighted by atomic mass is 16.5. The maximum absolute atomic E-state index is 12.6. The summed E-state index contributed by atoms with van der Waals surface area (Å²) in [5.41, 5.74) is 4.50. The van der Waals surface area contributed by atoms with Crippen molar-refractivity contribution in [2.24, 2.45) is 0 Å². The van der Waals surface area contributed by atoms with E-state index in [1.54, 1.807) is 6.92 Å². The van der Waals surface area contributed by atoms with Crippen LogP contribution in [0.3, 0.4) is 0 Å². The molecule has 1 aliphatic carbocycles. The van der Waals surface area contributed by atoms with Gasteiger partial charge >= 0.3 is 12.1 Å². The number of aliphatic carboxylic acids is 1. The van der Waals surface area contributed by atoms with Crippen LogP contribution in [0.4, 0.5) is 4.79 Å². The number of hydrogen-bond acceptors (Lipinski definition) is 4. The summed E-state index contributed by atoms with van der Waals surface area (Å²) in [7, 11) is 0. The summed E-state index contributed by atoms with van der Waals surface area (Å²) >= 11 is 0. The summed E-state index contributed by atoms with van der Waals surface area (Å²) in [4.78, 5) is 37.5. The van der Waals surface area contributed by atoms with Gasteiger partial charge in [-0.1, -0.05) is 55.5 Å². The second-order valence-electron chi connectivity index (χ2n) is 7.61. The molecule has 0 bridgehead atoms. The third-order valence-electron chi connectivity index (χ3n) is 5.93. The lowest BCUT2D eigenvalue weighted by molar-refractivity contribution is -0.158.